The van der Waals surface area contributed by atoms with Crippen molar-refractivity contribution in [2.75, 3.05) is 6.61 Å². The maximum Gasteiger partial charge on any atom is 0.220 e. The second kappa shape index (κ2) is 5.83. The summed E-state index contributed by atoms with van der Waals surface area (Å²) in [5, 5.41) is 15.5. The number of piperidine rings is 1. The molecule has 2 aliphatic rings. The molecule has 0 aromatic rings. The second-order valence-corrected chi connectivity index (χ2v) is 5.53. The first kappa shape index (κ1) is 12.8. The van der Waals surface area contributed by atoms with Crippen LogP contribution in [0.25, 0.3) is 0 Å². The van der Waals surface area contributed by atoms with Gasteiger partial charge in [0.25, 0.3) is 0 Å². The van der Waals surface area contributed by atoms with Gasteiger partial charge in [-0.05, 0) is 38.0 Å². The van der Waals surface area contributed by atoms with Crippen LogP contribution in [0.4, 0.5) is 0 Å². The molecule has 3 atom stereocenters. The van der Waals surface area contributed by atoms with Gasteiger partial charge in [0.1, 0.15) is 0 Å². The zero-order valence-electron chi connectivity index (χ0n) is 10.6. The smallest absolute Gasteiger partial charge is 0.220 e. The third-order valence-electron chi connectivity index (χ3n) is 4.12. The van der Waals surface area contributed by atoms with Crippen molar-refractivity contribution in [1.29, 1.82) is 0 Å². The van der Waals surface area contributed by atoms with Gasteiger partial charge in [-0.2, -0.15) is 0 Å². The van der Waals surface area contributed by atoms with E-state index in [9.17, 15) is 4.79 Å². The van der Waals surface area contributed by atoms with Crippen LogP contribution >= 0.6 is 0 Å². The number of aliphatic hydroxyl groups excluding tert-OH is 1. The average Bonchev–Trinajstić information content (AvgIpc) is 2.65. The Morgan fingerprint density at radius 2 is 2.06 bits per heavy atom. The molecular weight excluding hydrogens is 216 g/mol. The lowest BCUT2D eigenvalue weighted by molar-refractivity contribution is -0.123. The summed E-state index contributed by atoms with van der Waals surface area (Å²) in [6, 6.07) is 1.22. The first-order chi connectivity index (χ1) is 8.21. The van der Waals surface area contributed by atoms with E-state index in [1.54, 1.807) is 0 Å². The summed E-state index contributed by atoms with van der Waals surface area (Å²) in [7, 11) is 0. The van der Waals surface area contributed by atoms with E-state index in [-0.39, 0.29) is 18.6 Å². The summed E-state index contributed by atoms with van der Waals surface area (Å²) < 4.78 is 0. The van der Waals surface area contributed by atoms with Crippen LogP contribution in [0.3, 0.4) is 0 Å². The molecular formula is C13H24N2O2. The molecule has 98 valence electrons. The number of aliphatic hydroxyl groups is 1. The van der Waals surface area contributed by atoms with E-state index in [1.165, 1.54) is 12.8 Å². The molecule has 2 heterocycles. The molecule has 0 radical (unpaired) electrons. The van der Waals surface area contributed by atoms with Gasteiger partial charge >= 0.3 is 0 Å². The Morgan fingerprint density at radius 1 is 1.41 bits per heavy atom. The highest BCUT2D eigenvalue weighted by atomic mass is 16.3. The average molecular weight is 240 g/mol. The molecule has 0 aromatic carbocycles. The van der Waals surface area contributed by atoms with Gasteiger partial charge in [0.15, 0.2) is 0 Å². The summed E-state index contributed by atoms with van der Waals surface area (Å²) in [6.45, 7) is 2.02. The van der Waals surface area contributed by atoms with E-state index in [0.29, 0.717) is 24.4 Å². The Labute approximate surface area is 103 Å². The van der Waals surface area contributed by atoms with Crippen LogP contribution in [0.15, 0.2) is 0 Å². The molecule has 2 aliphatic heterocycles. The maximum atomic E-state index is 11.8. The lowest BCUT2D eigenvalue weighted by atomic mass is 9.89. The molecule has 17 heavy (non-hydrogen) atoms. The third-order valence-corrected chi connectivity index (χ3v) is 4.12. The maximum absolute atomic E-state index is 11.8. The minimum atomic E-state index is -0.0686. The number of rotatable bonds is 5. The molecule has 2 fully saturated rings. The fourth-order valence-corrected chi connectivity index (χ4v) is 3.17. The Bertz CT molecular complexity index is 254. The van der Waals surface area contributed by atoms with E-state index in [4.69, 9.17) is 5.11 Å². The number of nitrogens with one attached hydrogen (secondary N) is 2. The summed E-state index contributed by atoms with van der Waals surface area (Å²) in [5.74, 6) is 0.641. The number of carbonyl (C=O) groups is 1. The van der Waals surface area contributed by atoms with Gasteiger partial charge in [0.2, 0.25) is 5.91 Å². The van der Waals surface area contributed by atoms with Gasteiger partial charge in [-0.1, -0.05) is 6.92 Å². The normalized spacial score (nSPS) is 33.4. The van der Waals surface area contributed by atoms with Gasteiger partial charge in [-0.15, -0.1) is 0 Å². The first-order valence-corrected chi connectivity index (χ1v) is 6.87. The van der Waals surface area contributed by atoms with Crippen molar-refractivity contribution in [3.8, 4) is 0 Å². The third kappa shape index (κ3) is 3.42. The predicted molar refractivity (Wildman–Crippen MR) is 66.6 cm³/mol. The predicted octanol–water partition coefficient (Wildman–Crippen LogP) is 0.794. The summed E-state index contributed by atoms with van der Waals surface area (Å²) in [6.07, 6.45) is 6.25. The number of hydrogen-bond donors (Lipinski definition) is 3. The largest absolute Gasteiger partial charge is 0.394 e. The topological polar surface area (TPSA) is 61.4 Å². The van der Waals surface area contributed by atoms with Crippen LogP contribution < -0.4 is 10.6 Å². The number of carbonyl (C=O) groups excluding carboxylic acids is 1. The van der Waals surface area contributed by atoms with Crippen molar-refractivity contribution < 1.29 is 9.90 Å². The minimum Gasteiger partial charge on any atom is -0.394 e. The summed E-state index contributed by atoms with van der Waals surface area (Å²) >= 11 is 0. The zero-order chi connectivity index (χ0) is 12.3. The first-order valence-electron chi connectivity index (χ1n) is 6.87. The van der Waals surface area contributed by atoms with Crippen LogP contribution in [-0.4, -0.2) is 35.7 Å². The van der Waals surface area contributed by atoms with Gasteiger partial charge in [0, 0.05) is 18.5 Å². The molecule has 2 unspecified atom stereocenters. The van der Waals surface area contributed by atoms with Crippen molar-refractivity contribution >= 4 is 5.91 Å². The van der Waals surface area contributed by atoms with Gasteiger partial charge < -0.3 is 15.7 Å². The molecule has 2 saturated heterocycles. The van der Waals surface area contributed by atoms with E-state index in [0.717, 1.165) is 19.3 Å². The quantitative estimate of drug-likeness (QED) is 0.666. The second-order valence-electron chi connectivity index (χ2n) is 5.53. The summed E-state index contributed by atoms with van der Waals surface area (Å²) in [5.41, 5.74) is 0. The minimum absolute atomic E-state index is 0.0414. The van der Waals surface area contributed by atoms with Crippen molar-refractivity contribution in [2.45, 2.75) is 63.6 Å². The fourth-order valence-electron chi connectivity index (χ4n) is 3.17. The Kier molecular flexibility index (Phi) is 4.40. The van der Waals surface area contributed by atoms with Crippen molar-refractivity contribution in [2.24, 2.45) is 5.92 Å². The highest BCUT2D eigenvalue weighted by Gasteiger charge is 2.34. The van der Waals surface area contributed by atoms with Crippen molar-refractivity contribution in [3.05, 3.63) is 0 Å². The Hall–Kier alpha value is -0.610. The van der Waals surface area contributed by atoms with E-state index in [2.05, 4.69) is 10.6 Å². The lowest BCUT2D eigenvalue weighted by Crippen LogP contribution is -2.42. The van der Waals surface area contributed by atoms with E-state index in [1.807, 2.05) is 6.92 Å². The molecule has 2 bridgehead atoms. The zero-order valence-corrected chi connectivity index (χ0v) is 10.6. The van der Waals surface area contributed by atoms with Crippen LogP contribution in [0, 0.1) is 5.92 Å². The monoisotopic (exact) mass is 240 g/mol. The molecule has 1 amide bonds. The van der Waals surface area contributed by atoms with E-state index >= 15 is 0 Å². The van der Waals surface area contributed by atoms with Crippen LogP contribution in [0.1, 0.15) is 45.4 Å². The molecule has 4 heteroatoms. The Balaban J connectivity index is 1.75. The number of amides is 1. The van der Waals surface area contributed by atoms with Gasteiger partial charge in [0.05, 0.1) is 12.6 Å². The molecule has 0 aliphatic carbocycles. The van der Waals surface area contributed by atoms with Gasteiger partial charge in [-0.3, -0.25) is 4.79 Å². The van der Waals surface area contributed by atoms with Gasteiger partial charge in [-0.25, -0.2) is 0 Å². The molecule has 2 rings (SSSR count). The fraction of sp³-hybridized carbons (Fsp3) is 0.923. The Morgan fingerprint density at radius 3 is 2.59 bits per heavy atom. The molecule has 4 nitrogen and oxygen atoms in total. The highest BCUT2D eigenvalue weighted by molar-refractivity contribution is 5.76. The SMILES string of the molecule is CC[C@H](CO)NC(=O)CC1CC2CCC(C1)N2. The number of hydrogen-bond acceptors (Lipinski definition) is 3. The van der Waals surface area contributed by atoms with Crippen LogP contribution in [0.5, 0.6) is 0 Å². The van der Waals surface area contributed by atoms with Crippen molar-refractivity contribution in [1.82, 2.24) is 10.6 Å². The van der Waals surface area contributed by atoms with E-state index < -0.39 is 0 Å². The summed E-state index contributed by atoms with van der Waals surface area (Å²) in [4.78, 5) is 11.8. The molecule has 3 N–H and O–H groups in total. The van der Waals surface area contributed by atoms with Crippen molar-refractivity contribution in [3.63, 3.8) is 0 Å². The lowest BCUT2D eigenvalue weighted by Gasteiger charge is -2.29. The number of fused-ring (bicyclic) bond motifs is 2. The van der Waals surface area contributed by atoms with Crippen LogP contribution in [-0.2, 0) is 4.79 Å². The molecule has 0 aromatic heterocycles. The molecule has 0 spiro atoms. The standard InChI is InChI=1S/C13H24N2O2/c1-2-10(8-16)15-13(17)7-9-5-11-3-4-12(6-9)14-11/h9-12,14,16H,2-8H2,1H3,(H,15,17)/t9?,10-,11?,12?/m1/s1. The van der Waals surface area contributed by atoms with Crippen LogP contribution in [0.2, 0.25) is 0 Å². The molecule has 0 saturated carbocycles. The highest BCUT2D eigenvalue weighted by Crippen LogP contribution is 2.32.